The van der Waals surface area contributed by atoms with Crippen molar-refractivity contribution in [3.63, 3.8) is 0 Å². The standard InChI is InChI=1S/C23H29N7O4S2/c31-11-8-28-4-6-30(7-5-28)36(32,33)20-14-19-21(35-20)23(29-9-12-34-13-10-29)26-22(25-19)16-2-1-3-18-17(16)15-24-27-18/h1-3,15,20,31H,4-14H2,(H,24,27). The minimum absolute atomic E-state index is 0.0817. The number of thioether (sulfide) groups is 1. The van der Waals surface area contributed by atoms with Crippen molar-refractivity contribution in [2.45, 2.75) is 15.9 Å². The summed E-state index contributed by atoms with van der Waals surface area (Å²) in [5.41, 5.74) is 2.55. The van der Waals surface area contributed by atoms with Gasteiger partial charge in [0, 0.05) is 63.2 Å². The molecule has 36 heavy (non-hydrogen) atoms. The molecule has 0 bridgehead atoms. The van der Waals surface area contributed by atoms with E-state index in [-0.39, 0.29) is 6.61 Å². The van der Waals surface area contributed by atoms with E-state index in [2.05, 4.69) is 20.0 Å². The number of hydrogen-bond donors (Lipinski definition) is 2. The zero-order chi connectivity index (χ0) is 24.7. The fourth-order valence-corrected chi connectivity index (χ4v) is 8.59. The number of aliphatic hydroxyl groups excluding tert-OH is 1. The van der Waals surface area contributed by atoms with Crippen molar-refractivity contribution in [1.82, 2.24) is 29.4 Å². The molecule has 0 spiro atoms. The summed E-state index contributed by atoms with van der Waals surface area (Å²) in [6.07, 6.45) is 2.11. The second kappa shape index (κ2) is 9.88. The number of fused-ring (bicyclic) bond motifs is 2. The quantitative estimate of drug-likeness (QED) is 0.471. The van der Waals surface area contributed by atoms with Crippen LogP contribution in [0.3, 0.4) is 0 Å². The van der Waals surface area contributed by atoms with Gasteiger partial charge in [-0.3, -0.25) is 10.00 Å². The van der Waals surface area contributed by atoms with Crippen LogP contribution in [0.5, 0.6) is 0 Å². The molecular formula is C23H29N7O4S2. The summed E-state index contributed by atoms with van der Waals surface area (Å²) in [5, 5.41) is 17.3. The first-order chi connectivity index (χ1) is 17.5. The van der Waals surface area contributed by atoms with Crippen molar-refractivity contribution in [1.29, 1.82) is 0 Å². The molecule has 1 atom stereocenters. The zero-order valence-corrected chi connectivity index (χ0v) is 21.5. The molecule has 0 amide bonds. The number of nitrogens with zero attached hydrogens (tertiary/aromatic N) is 6. The van der Waals surface area contributed by atoms with Crippen LogP contribution in [0.15, 0.2) is 29.3 Å². The van der Waals surface area contributed by atoms with Gasteiger partial charge in [-0.05, 0) is 6.07 Å². The Morgan fingerprint density at radius 2 is 1.92 bits per heavy atom. The molecule has 3 aliphatic rings. The molecule has 0 aliphatic carbocycles. The highest BCUT2D eigenvalue weighted by Gasteiger charge is 2.41. The topological polar surface area (TPSA) is 128 Å². The number of piperazine rings is 1. The molecule has 1 unspecified atom stereocenters. The van der Waals surface area contributed by atoms with E-state index in [1.54, 1.807) is 10.5 Å². The monoisotopic (exact) mass is 531 g/mol. The lowest BCUT2D eigenvalue weighted by atomic mass is 10.1. The van der Waals surface area contributed by atoms with E-state index >= 15 is 0 Å². The molecule has 0 saturated carbocycles. The SMILES string of the molecule is O=S(=O)(C1Cc2nc(-c3cccc4[nH]ncc34)nc(N3CCOCC3)c2S1)N1CCN(CCO)CC1. The van der Waals surface area contributed by atoms with Crippen LogP contribution in [0, 0.1) is 0 Å². The largest absolute Gasteiger partial charge is 0.395 e. The number of nitrogens with one attached hydrogen (secondary N) is 1. The summed E-state index contributed by atoms with van der Waals surface area (Å²) in [7, 11) is -3.54. The number of rotatable bonds is 6. The molecule has 2 N–H and O–H groups in total. The molecule has 1 aromatic carbocycles. The second-order valence-electron chi connectivity index (χ2n) is 9.14. The third-order valence-corrected chi connectivity index (χ3v) is 11.0. The summed E-state index contributed by atoms with van der Waals surface area (Å²) in [6, 6.07) is 5.88. The van der Waals surface area contributed by atoms with Gasteiger partial charge in [0.2, 0.25) is 10.0 Å². The average Bonchev–Trinajstić information content (AvgIpc) is 3.57. The predicted molar refractivity (Wildman–Crippen MR) is 138 cm³/mol. The van der Waals surface area contributed by atoms with Gasteiger partial charge in [-0.2, -0.15) is 9.40 Å². The molecule has 13 heteroatoms. The van der Waals surface area contributed by atoms with Crippen LogP contribution in [-0.4, -0.2) is 113 Å². The molecule has 2 fully saturated rings. The van der Waals surface area contributed by atoms with Gasteiger partial charge in [-0.15, -0.1) is 0 Å². The van der Waals surface area contributed by atoms with Crippen LogP contribution in [0.4, 0.5) is 5.82 Å². The molecule has 3 aliphatic heterocycles. The van der Waals surface area contributed by atoms with Crippen LogP contribution < -0.4 is 4.90 Å². The number of aromatic amines is 1. The number of hydrogen-bond acceptors (Lipinski definition) is 10. The molecular weight excluding hydrogens is 502 g/mol. The van der Waals surface area contributed by atoms with Gasteiger partial charge < -0.3 is 14.7 Å². The molecule has 6 rings (SSSR count). The van der Waals surface area contributed by atoms with Crippen molar-refractivity contribution >= 4 is 38.5 Å². The Hall–Kier alpha value is -2.29. The molecule has 2 saturated heterocycles. The third-order valence-electron chi connectivity index (χ3n) is 7.00. The number of sulfonamides is 1. The zero-order valence-electron chi connectivity index (χ0n) is 19.8. The summed E-state index contributed by atoms with van der Waals surface area (Å²) >= 11 is 1.37. The van der Waals surface area contributed by atoms with E-state index in [1.807, 2.05) is 18.2 Å². The Kier molecular flexibility index (Phi) is 6.60. The maximum atomic E-state index is 13.6. The Balaban J connectivity index is 1.34. The Bertz CT molecular complexity index is 1350. The van der Waals surface area contributed by atoms with Crippen LogP contribution >= 0.6 is 11.8 Å². The molecule has 3 aromatic rings. The lowest BCUT2D eigenvalue weighted by Crippen LogP contribution is -2.51. The number of H-pyrrole nitrogens is 1. The Morgan fingerprint density at radius 3 is 2.69 bits per heavy atom. The number of anilines is 1. The van der Waals surface area contributed by atoms with Gasteiger partial charge in [-0.25, -0.2) is 18.4 Å². The molecule has 5 heterocycles. The molecule has 2 aromatic heterocycles. The van der Waals surface area contributed by atoms with Gasteiger partial charge in [0.15, 0.2) is 5.82 Å². The first kappa shape index (κ1) is 24.1. The van der Waals surface area contributed by atoms with Gasteiger partial charge in [0.25, 0.3) is 0 Å². The van der Waals surface area contributed by atoms with Gasteiger partial charge in [-0.1, -0.05) is 23.9 Å². The number of aromatic nitrogens is 4. The maximum Gasteiger partial charge on any atom is 0.227 e. The summed E-state index contributed by atoms with van der Waals surface area (Å²) in [6.45, 7) is 5.39. The molecule has 11 nitrogen and oxygen atoms in total. The lowest BCUT2D eigenvalue weighted by molar-refractivity contribution is 0.122. The van der Waals surface area contributed by atoms with E-state index in [4.69, 9.17) is 14.7 Å². The van der Waals surface area contributed by atoms with E-state index in [1.165, 1.54) is 11.8 Å². The summed E-state index contributed by atoms with van der Waals surface area (Å²) in [4.78, 5) is 15.0. The normalized spacial score (nSPS) is 21.8. The van der Waals surface area contributed by atoms with E-state index in [0.29, 0.717) is 71.3 Å². The number of β-amino-alcohol motifs (C(OH)–C–C–N with tert-alkyl or cyclic N) is 1. The summed E-state index contributed by atoms with van der Waals surface area (Å²) < 4.78 is 33.8. The number of ether oxygens (including phenoxy) is 1. The minimum Gasteiger partial charge on any atom is -0.395 e. The number of aliphatic hydroxyl groups is 1. The van der Waals surface area contributed by atoms with Crippen molar-refractivity contribution in [2.75, 3.05) is 70.5 Å². The third kappa shape index (κ3) is 4.37. The van der Waals surface area contributed by atoms with Crippen LogP contribution in [-0.2, 0) is 21.2 Å². The van der Waals surface area contributed by atoms with E-state index < -0.39 is 14.6 Å². The second-order valence-corrected chi connectivity index (χ2v) is 12.8. The lowest BCUT2D eigenvalue weighted by Gasteiger charge is -2.34. The van der Waals surface area contributed by atoms with E-state index in [9.17, 15) is 13.5 Å². The average molecular weight is 532 g/mol. The fourth-order valence-electron chi connectivity index (χ4n) is 5.03. The molecule has 0 radical (unpaired) electrons. The van der Waals surface area contributed by atoms with Gasteiger partial charge in [0.05, 0.1) is 42.1 Å². The van der Waals surface area contributed by atoms with Crippen molar-refractivity contribution < 1.29 is 18.3 Å². The maximum absolute atomic E-state index is 13.6. The highest BCUT2D eigenvalue weighted by atomic mass is 32.3. The molecule has 192 valence electrons. The van der Waals surface area contributed by atoms with Crippen LogP contribution in [0.25, 0.3) is 22.3 Å². The van der Waals surface area contributed by atoms with Gasteiger partial charge >= 0.3 is 0 Å². The fraction of sp³-hybridized carbons (Fsp3) is 0.522. The minimum atomic E-state index is -3.54. The highest BCUT2D eigenvalue weighted by Crippen LogP contribution is 2.45. The first-order valence-corrected chi connectivity index (χ1v) is 14.6. The summed E-state index contributed by atoms with van der Waals surface area (Å²) in [5.74, 6) is 1.37. The number of benzene rings is 1. The first-order valence-electron chi connectivity index (χ1n) is 12.2. The predicted octanol–water partition coefficient (Wildman–Crippen LogP) is 0.771. The Labute approximate surface area is 213 Å². The van der Waals surface area contributed by atoms with Crippen molar-refractivity contribution in [3.8, 4) is 11.4 Å². The van der Waals surface area contributed by atoms with Crippen molar-refractivity contribution in [2.24, 2.45) is 0 Å². The highest BCUT2D eigenvalue weighted by molar-refractivity contribution is 8.13. The number of morpholine rings is 1. The van der Waals surface area contributed by atoms with Crippen LogP contribution in [0.1, 0.15) is 5.69 Å². The van der Waals surface area contributed by atoms with E-state index in [0.717, 1.165) is 32.9 Å². The van der Waals surface area contributed by atoms with Gasteiger partial charge in [0.1, 0.15) is 10.4 Å². The van der Waals surface area contributed by atoms with Crippen LogP contribution in [0.2, 0.25) is 0 Å². The van der Waals surface area contributed by atoms with Crippen molar-refractivity contribution in [3.05, 3.63) is 30.1 Å². The Morgan fingerprint density at radius 1 is 1.11 bits per heavy atom. The smallest absolute Gasteiger partial charge is 0.227 e.